The molecule has 0 N–H and O–H groups in total. The van der Waals surface area contributed by atoms with Crippen LogP contribution in [0, 0.1) is 6.92 Å². The molecule has 2 rings (SSSR count). The fourth-order valence-corrected chi connectivity index (χ4v) is 2.31. The molecule has 0 radical (unpaired) electrons. The van der Waals surface area contributed by atoms with Gasteiger partial charge in [0.2, 0.25) is 0 Å². The molecule has 3 heteroatoms. The number of carbonyl (C=O) groups excluding carboxylic acids is 1. The van der Waals surface area contributed by atoms with E-state index in [9.17, 15) is 4.79 Å². The summed E-state index contributed by atoms with van der Waals surface area (Å²) in [5, 5.41) is 0. The normalized spacial score (nSPS) is 10.9. The van der Waals surface area contributed by atoms with Crippen LogP contribution >= 0.6 is 0 Å². The van der Waals surface area contributed by atoms with Crippen molar-refractivity contribution in [2.45, 2.75) is 20.8 Å². The van der Waals surface area contributed by atoms with E-state index in [-0.39, 0.29) is 5.91 Å². The first-order chi connectivity index (χ1) is 10.6. The number of aromatic nitrogens is 1. The molecule has 22 heavy (non-hydrogen) atoms. The molecule has 1 heterocycles. The molecule has 0 atom stereocenters. The van der Waals surface area contributed by atoms with Gasteiger partial charge in [0.05, 0.1) is 5.69 Å². The largest absolute Gasteiger partial charge is 0.339 e. The van der Waals surface area contributed by atoms with Gasteiger partial charge in [0.15, 0.2) is 0 Å². The lowest BCUT2D eigenvalue weighted by Crippen LogP contribution is -2.30. The van der Waals surface area contributed by atoms with Gasteiger partial charge in [-0.1, -0.05) is 24.3 Å². The Hall–Kier alpha value is -2.42. The third-order valence-electron chi connectivity index (χ3n) is 3.54. The molecular formula is C19H22N2O. The van der Waals surface area contributed by atoms with Gasteiger partial charge in [-0.15, -0.1) is 0 Å². The van der Waals surface area contributed by atoms with Gasteiger partial charge in [0, 0.05) is 24.3 Å². The highest BCUT2D eigenvalue weighted by Gasteiger charge is 2.11. The molecule has 2 aromatic rings. The minimum Gasteiger partial charge on any atom is -0.339 e. The van der Waals surface area contributed by atoms with Gasteiger partial charge < -0.3 is 4.90 Å². The smallest absolute Gasteiger partial charge is 0.253 e. The second kappa shape index (κ2) is 7.55. The van der Waals surface area contributed by atoms with Crippen LogP contribution in [0.1, 0.15) is 41.2 Å². The summed E-state index contributed by atoms with van der Waals surface area (Å²) in [6.45, 7) is 7.41. The summed E-state index contributed by atoms with van der Waals surface area (Å²) >= 11 is 0. The zero-order chi connectivity index (χ0) is 15.9. The molecule has 1 amide bonds. The number of aryl methyl sites for hydroxylation is 1. The van der Waals surface area contributed by atoms with Crippen molar-refractivity contribution in [3.05, 3.63) is 65.0 Å². The van der Waals surface area contributed by atoms with E-state index < -0.39 is 0 Å². The van der Waals surface area contributed by atoms with Crippen molar-refractivity contribution in [1.82, 2.24) is 9.88 Å². The van der Waals surface area contributed by atoms with Gasteiger partial charge in [-0.25, -0.2) is 0 Å². The van der Waals surface area contributed by atoms with E-state index >= 15 is 0 Å². The maximum Gasteiger partial charge on any atom is 0.253 e. The zero-order valence-electron chi connectivity index (χ0n) is 13.4. The highest BCUT2D eigenvalue weighted by Crippen LogP contribution is 2.12. The lowest BCUT2D eigenvalue weighted by Gasteiger charge is -2.18. The number of benzene rings is 1. The maximum absolute atomic E-state index is 12.4. The molecule has 0 fully saturated rings. The molecule has 114 valence electrons. The number of carbonyl (C=O) groups is 1. The highest BCUT2D eigenvalue weighted by atomic mass is 16.2. The second-order valence-electron chi connectivity index (χ2n) is 5.14. The molecule has 1 aromatic carbocycles. The van der Waals surface area contributed by atoms with Crippen LogP contribution in [0.5, 0.6) is 0 Å². The van der Waals surface area contributed by atoms with Crippen molar-refractivity contribution in [3.63, 3.8) is 0 Å². The molecule has 0 aliphatic carbocycles. The van der Waals surface area contributed by atoms with E-state index in [1.807, 2.05) is 80.3 Å². The van der Waals surface area contributed by atoms with Crippen LogP contribution in [0.4, 0.5) is 0 Å². The fourth-order valence-electron chi connectivity index (χ4n) is 2.31. The van der Waals surface area contributed by atoms with Crippen molar-refractivity contribution in [1.29, 1.82) is 0 Å². The van der Waals surface area contributed by atoms with Crippen molar-refractivity contribution < 1.29 is 4.79 Å². The number of rotatable bonds is 5. The maximum atomic E-state index is 12.4. The Kier molecular flexibility index (Phi) is 5.48. The number of pyridine rings is 1. The Morgan fingerprint density at radius 3 is 2.50 bits per heavy atom. The van der Waals surface area contributed by atoms with Crippen molar-refractivity contribution in [2.75, 3.05) is 13.1 Å². The molecule has 0 spiro atoms. The average Bonchev–Trinajstić information content (AvgIpc) is 2.54. The predicted molar refractivity (Wildman–Crippen MR) is 91.6 cm³/mol. The van der Waals surface area contributed by atoms with Crippen LogP contribution < -0.4 is 0 Å². The molecule has 1 aromatic heterocycles. The summed E-state index contributed by atoms with van der Waals surface area (Å²) in [6, 6.07) is 13.6. The molecule has 0 aliphatic rings. The van der Waals surface area contributed by atoms with Gasteiger partial charge >= 0.3 is 0 Å². The molecule has 0 unspecified atom stereocenters. The Morgan fingerprint density at radius 1 is 1.09 bits per heavy atom. The van der Waals surface area contributed by atoms with Crippen LogP contribution in [-0.2, 0) is 0 Å². The number of amides is 1. The Morgan fingerprint density at radius 2 is 1.82 bits per heavy atom. The third-order valence-corrected chi connectivity index (χ3v) is 3.54. The van der Waals surface area contributed by atoms with E-state index in [1.165, 1.54) is 0 Å². The molecular weight excluding hydrogens is 272 g/mol. The van der Waals surface area contributed by atoms with E-state index in [0.29, 0.717) is 0 Å². The Labute approximate surface area is 132 Å². The topological polar surface area (TPSA) is 33.2 Å². The van der Waals surface area contributed by atoms with Crippen LogP contribution in [0.15, 0.2) is 42.5 Å². The van der Waals surface area contributed by atoms with Crippen molar-refractivity contribution in [3.8, 4) is 0 Å². The number of hydrogen-bond acceptors (Lipinski definition) is 2. The summed E-state index contributed by atoms with van der Waals surface area (Å²) in [6.07, 6.45) is 3.95. The fraction of sp³-hybridized carbons (Fsp3) is 0.263. The monoisotopic (exact) mass is 294 g/mol. The lowest BCUT2D eigenvalue weighted by atomic mass is 10.1. The summed E-state index contributed by atoms with van der Waals surface area (Å²) in [5.74, 6) is 0.0777. The van der Waals surface area contributed by atoms with E-state index in [2.05, 4.69) is 4.98 Å². The summed E-state index contributed by atoms with van der Waals surface area (Å²) < 4.78 is 0. The molecule has 0 bridgehead atoms. The van der Waals surface area contributed by atoms with Crippen LogP contribution in [0.2, 0.25) is 0 Å². The third kappa shape index (κ3) is 4.04. The van der Waals surface area contributed by atoms with Crippen LogP contribution in [0.25, 0.3) is 12.2 Å². The zero-order valence-corrected chi connectivity index (χ0v) is 13.4. The standard InChI is InChI=1S/C19H22N2O/c1-4-21(5-2)19(22)17-10-7-9-16(14-17)12-13-18-11-6-8-15(3)20-18/h6-14H,4-5H2,1-3H3. The number of hydrogen-bond donors (Lipinski definition) is 0. The quantitative estimate of drug-likeness (QED) is 0.833. The Balaban J connectivity index is 2.20. The molecule has 0 saturated heterocycles. The minimum atomic E-state index is 0.0777. The van der Waals surface area contributed by atoms with Crippen molar-refractivity contribution >= 4 is 18.1 Å². The first-order valence-electron chi connectivity index (χ1n) is 7.65. The van der Waals surface area contributed by atoms with Gasteiger partial charge in [0.1, 0.15) is 0 Å². The Bertz CT molecular complexity index is 673. The average molecular weight is 294 g/mol. The lowest BCUT2D eigenvalue weighted by molar-refractivity contribution is 0.0773. The van der Waals surface area contributed by atoms with Gasteiger partial charge in [0.25, 0.3) is 5.91 Å². The summed E-state index contributed by atoms with van der Waals surface area (Å²) in [4.78, 5) is 18.6. The first-order valence-corrected chi connectivity index (χ1v) is 7.65. The molecule has 0 saturated carbocycles. The second-order valence-corrected chi connectivity index (χ2v) is 5.14. The van der Waals surface area contributed by atoms with Gasteiger partial charge in [-0.2, -0.15) is 0 Å². The van der Waals surface area contributed by atoms with Crippen LogP contribution in [0.3, 0.4) is 0 Å². The number of nitrogens with zero attached hydrogens (tertiary/aromatic N) is 2. The van der Waals surface area contributed by atoms with Gasteiger partial charge in [-0.3, -0.25) is 9.78 Å². The van der Waals surface area contributed by atoms with E-state index in [0.717, 1.165) is 35.6 Å². The highest BCUT2D eigenvalue weighted by molar-refractivity contribution is 5.95. The molecule has 0 aliphatic heterocycles. The van der Waals surface area contributed by atoms with Crippen molar-refractivity contribution in [2.24, 2.45) is 0 Å². The minimum absolute atomic E-state index is 0.0777. The van der Waals surface area contributed by atoms with E-state index in [1.54, 1.807) is 0 Å². The summed E-state index contributed by atoms with van der Waals surface area (Å²) in [5.41, 5.74) is 3.64. The summed E-state index contributed by atoms with van der Waals surface area (Å²) in [7, 11) is 0. The first kappa shape index (κ1) is 16.0. The van der Waals surface area contributed by atoms with Crippen LogP contribution in [-0.4, -0.2) is 28.9 Å². The SMILES string of the molecule is CCN(CC)C(=O)c1cccc(C=Cc2cccc(C)n2)c1. The van der Waals surface area contributed by atoms with Gasteiger partial charge in [-0.05, 0) is 56.7 Å². The molecule has 3 nitrogen and oxygen atoms in total. The predicted octanol–water partition coefficient (Wildman–Crippen LogP) is 4.04. The van der Waals surface area contributed by atoms with E-state index in [4.69, 9.17) is 0 Å².